The number of rotatable bonds is 4. The molecular weight excluding hydrogens is 248 g/mol. The number of nitrogen functional groups attached to an aromatic ring is 1. The molecule has 18 heavy (non-hydrogen) atoms. The number of aromatic nitrogens is 1. The normalized spacial score (nSPS) is 17.1. The molecule has 1 aliphatic rings. The van der Waals surface area contributed by atoms with Gasteiger partial charge in [0, 0.05) is 38.0 Å². The van der Waals surface area contributed by atoms with Crippen molar-refractivity contribution in [1.29, 1.82) is 0 Å². The van der Waals surface area contributed by atoms with Crippen LogP contribution in [0.5, 0.6) is 0 Å². The molecule has 5 nitrogen and oxygen atoms in total. The van der Waals surface area contributed by atoms with Crippen LogP contribution in [-0.2, 0) is 11.2 Å². The number of hydrogen-bond acceptors (Lipinski definition) is 5. The van der Waals surface area contributed by atoms with Crippen molar-refractivity contribution in [3.63, 3.8) is 0 Å². The van der Waals surface area contributed by atoms with E-state index in [1.165, 1.54) is 11.3 Å². The van der Waals surface area contributed by atoms with Gasteiger partial charge in [0.25, 0.3) is 0 Å². The van der Waals surface area contributed by atoms with Crippen LogP contribution in [0, 0.1) is 0 Å². The van der Waals surface area contributed by atoms with Gasteiger partial charge in [-0.15, -0.1) is 11.3 Å². The molecule has 1 aromatic rings. The Bertz CT molecular complexity index is 399. The number of nitrogens with two attached hydrogens (primary N) is 1. The van der Waals surface area contributed by atoms with Crippen molar-refractivity contribution in [3.05, 3.63) is 11.1 Å². The fourth-order valence-corrected chi connectivity index (χ4v) is 2.74. The SMILES string of the molecule is CCN1CCN(C(=O)CCc2csc(N)n2)CC1. The Morgan fingerprint density at radius 3 is 2.72 bits per heavy atom. The number of piperazine rings is 1. The fourth-order valence-electron chi connectivity index (χ4n) is 2.14. The second-order valence-electron chi connectivity index (χ2n) is 4.49. The summed E-state index contributed by atoms with van der Waals surface area (Å²) in [6.45, 7) is 6.92. The van der Waals surface area contributed by atoms with Gasteiger partial charge in [-0.1, -0.05) is 6.92 Å². The lowest BCUT2D eigenvalue weighted by Gasteiger charge is -2.34. The van der Waals surface area contributed by atoms with Crippen LogP contribution in [-0.4, -0.2) is 53.4 Å². The van der Waals surface area contributed by atoms with Crippen molar-refractivity contribution in [2.45, 2.75) is 19.8 Å². The minimum atomic E-state index is 0.234. The zero-order chi connectivity index (χ0) is 13.0. The highest BCUT2D eigenvalue weighted by atomic mass is 32.1. The summed E-state index contributed by atoms with van der Waals surface area (Å²) in [4.78, 5) is 20.5. The first-order chi connectivity index (χ1) is 8.69. The molecule has 6 heteroatoms. The van der Waals surface area contributed by atoms with Crippen LogP contribution < -0.4 is 5.73 Å². The molecule has 2 heterocycles. The lowest BCUT2D eigenvalue weighted by atomic mass is 10.2. The number of carbonyl (C=O) groups excluding carboxylic acids is 1. The van der Waals surface area contributed by atoms with Crippen molar-refractivity contribution in [1.82, 2.24) is 14.8 Å². The van der Waals surface area contributed by atoms with Crippen LogP contribution in [0.2, 0.25) is 0 Å². The van der Waals surface area contributed by atoms with Crippen LogP contribution in [0.25, 0.3) is 0 Å². The molecule has 0 saturated carbocycles. The highest BCUT2D eigenvalue weighted by Gasteiger charge is 2.19. The quantitative estimate of drug-likeness (QED) is 0.878. The third-order valence-corrected chi connectivity index (χ3v) is 4.06. The molecule has 1 aliphatic heterocycles. The van der Waals surface area contributed by atoms with Gasteiger partial charge in [-0.2, -0.15) is 0 Å². The van der Waals surface area contributed by atoms with Gasteiger partial charge in [-0.3, -0.25) is 4.79 Å². The van der Waals surface area contributed by atoms with Crippen LogP contribution in [0.1, 0.15) is 19.0 Å². The average Bonchev–Trinajstić information content (AvgIpc) is 2.82. The van der Waals surface area contributed by atoms with E-state index >= 15 is 0 Å². The molecule has 2 rings (SSSR count). The largest absolute Gasteiger partial charge is 0.375 e. The van der Waals surface area contributed by atoms with Gasteiger partial charge in [-0.05, 0) is 13.0 Å². The monoisotopic (exact) mass is 268 g/mol. The zero-order valence-corrected chi connectivity index (χ0v) is 11.6. The summed E-state index contributed by atoms with van der Waals surface area (Å²) in [5.74, 6) is 0.234. The predicted octanol–water partition coefficient (Wildman–Crippen LogP) is 0.822. The average molecular weight is 268 g/mol. The molecule has 0 atom stereocenters. The number of carbonyl (C=O) groups is 1. The Morgan fingerprint density at radius 1 is 1.44 bits per heavy atom. The van der Waals surface area contributed by atoms with Crippen LogP contribution >= 0.6 is 11.3 Å². The number of likely N-dealkylation sites (N-methyl/N-ethyl adjacent to an activating group) is 1. The first kappa shape index (κ1) is 13.3. The number of hydrogen-bond donors (Lipinski definition) is 1. The Labute approximate surface area is 112 Å². The van der Waals surface area contributed by atoms with Crippen molar-refractivity contribution in [3.8, 4) is 0 Å². The molecule has 0 unspecified atom stereocenters. The summed E-state index contributed by atoms with van der Waals surface area (Å²) in [5.41, 5.74) is 6.49. The van der Waals surface area contributed by atoms with Gasteiger partial charge in [0.05, 0.1) is 5.69 Å². The summed E-state index contributed by atoms with van der Waals surface area (Å²) in [6, 6.07) is 0. The minimum absolute atomic E-state index is 0.234. The van der Waals surface area contributed by atoms with Crippen molar-refractivity contribution in [2.75, 3.05) is 38.5 Å². The van der Waals surface area contributed by atoms with Gasteiger partial charge in [0.1, 0.15) is 0 Å². The van der Waals surface area contributed by atoms with Crippen LogP contribution in [0.15, 0.2) is 5.38 Å². The van der Waals surface area contributed by atoms with E-state index in [0.717, 1.165) is 38.4 Å². The molecule has 100 valence electrons. The summed E-state index contributed by atoms with van der Waals surface area (Å²) in [6.07, 6.45) is 1.23. The molecule has 2 N–H and O–H groups in total. The summed E-state index contributed by atoms with van der Waals surface area (Å²) in [5, 5.41) is 2.51. The number of aryl methyl sites for hydroxylation is 1. The van der Waals surface area contributed by atoms with Crippen LogP contribution in [0.3, 0.4) is 0 Å². The Balaban J connectivity index is 1.75. The van der Waals surface area contributed by atoms with Crippen molar-refractivity contribution >= 4 is 22.4 Å². The molecule has 0 spiro atoms. The van der Waals surface area contributed by atoms with Gasteiger partial charge in [-0.25, -0.2) is 4.98 Å². The van der Waals surface area contributed by atoms with E-state index < -0.39 is 0 Å². The molecule has 1 fully saturated rings. The van der Waals surface area contributed by atoms with E-state index in [-0.39, 0.29) is 5.91 Å². The topological polar surface area (TPSA) is 62.5 Å². The molecule has 0 bridgehead atoms. The Kier molecular flexibility index (Phi) is 4.54. The molecule has 0 radical (unpaired) electrons. The number of anilines is 1. The van der Waals surface area contributed by atoms with E-state index in [1.54, 1.807) is 0 Å². The Hall–Kier alpha value is -1.14. The van der Waals surface area contributed by atoms with Gasteiger partial charge in [0.15, 0.2) is 5.13 Å². The maximum absolute atomic E-state index is 12.0. The fraction of sp³-hybridized carbons (Fsp3) is 0.667. The first-order valence-corrected chi connectivity index (χ1v) is 7.27. The zero-order valence-electron chi connectivity index (χ0n) is 10.8. The lowest BCUT2D eigenvalue weighted by molar-refractivity contribution is -0.132. The van der Waals surface area contributed by atoms with Gasteiger partial charge in [0.2, 0.25) is 5.91 Å². The maximum Gasteiger partial charge on any atom is 0.223 e. The highest BCUT2D eigenvalue weighted by molar-refractivity contribution is 7.13. The lowest BCUT2D eigenvalue weighted by Crippen LogP contribution is -2.48. The molecule has 1 saturated heterocycles. The molecule has 0 aliphatic carbocycles. The van der Waals surface area contributed by atoms with E-state index in [4.69, 9.17) is 5.73 Å². The molecule has 1 aromatic heterocycles. The number of nitrogens with zero attached hydrogens (tertiary/aromatic N) is 3. The molecule has 1 amide bonds. The second-order valence-corrected chi connectivity index (χ2v) is 5.38. The summed E-state index contributed by atoms with van der Waals surface area (Å²) < 4.78 is 0. The maximum atomic E-state index is 12.0. The van der Waals surface area contributed by atoms with E-state index in [2.05, 4.69) is 16.8 Å². The van der Waals surface area contributed by atoms with E-state index in [1.807, 2.05) is 10.3 Å². The summed E-state index contributed by atoms with van der Waals surface area (Å²) >= 11 is 1.43. The minimum Gasteiger partial charge on any atom is -0.375 e. The third kappa shape index (κ3) is 3.43. The third-order valence-electron chi connectivity index (χ3n) is 3.34. The van der Waals surface area contributed by atoms with Crippen LogP contribution in [0.4, 0.5) is 5.13 Å². The van der Waals surface area contributed by atoms with Gasteiger partial charge < -0.3 is 15.5 Å². The predicted molar refractivity (Wildman–Crippen MR) is 73.5 cm³/mol. The standard InChI is InChI=1S/C12H20N4OS/c1-2-15-5-7-16(8-6-15)11(17)4-3-10-9-18-12(13)14-10/h9H,2-8H2,1H3,(H2,13,14). The molecule has 0 aromatic carbocycles. The highest BCUT2D eigenvalue weighted by Crippen LogP contribution is 2.13. The number of amides is 1. The second kappa shape index (κ2) is 6.15. The summed E-state index contributed by atoms with van der Waals surface area (Å²) in [7, 11) is 0. The van der Waals surface area contributed by atoms with Crippen molar-refractivity contribution < 1.29 is 4.79 Å². The van der Waals surface area contributed by atoms with E-state index in [9.17, 15) is 4.79 Å². The van der Waals surface area contributed by atoms with Crippen molar-refractivity contribution in [2.24, 2.45) is 0 Å². The first-order valence-electron chi connectivity index (χ1n) is 6.39. The number of thiazole rings is 1. The van der Waals surface area contributed by atoms with Gasteiger partial charge >= 0.3 is 0 Å². The van der Waals surface area contributed by atoms with E-state index in [0.29, 0.717) is 18.0 Å². The molecular formula is C12H20N4OS. The Morgan fingerprint density at radius 2 is 2.17 bits per heavy atom. The smallest absolute Gasteiger partial charge is 0.223 e.